The van der Waals surface area contributed by atoms with Gasteiger partial charge in [0.1, 0.15) is 6.10 Å². The molecule has 0 radical (unpaired) electrons. The molecule has 30 heavy (non-hydrogen) atoms. The highest BCUT2D eigenvalue weighted by Gasteiger charge is 2.34. The van der Waals surface area contributed by atoms with Crippen molar-refractivity contribution in [1.82, 2.24) is 4.90 Å². The summed E-state index contributed by atoms with van der Waals surface area (Å²) in [6.45, 7) is 2.61. The van der Waals surface area contributed by atoms with Crippen LogP contribution in [-0.4, -0.2) is 35.0 Å². The van der Waals surface area contributed by atoms with E-state index >= 15 is 0 Å². The van der Waals surface area contributed by atoms with Crippen LogP contribution in [0.4, 0.5) is 5.69 Å². The van der Waals surface area contributed by atoms with E-state index in [0.717, 1.165) is 54.7 Å². The topological polar surface area (TPSA) is 43.8 Å². The Bertz CT molecular complexity index is 1020. The second-order valence-electron chi connectivity index (χ2n) is 8.21. The van der Waals surface area contributed by atoms with Gasteiger partial charge in [0.2, 0.25) is 0 Å². The first-order valence-electron chi connectivity index (χ1n) is 10.7. The number of piperidine rings is 1. The third-order valence-electron chi connectivity index (χ3n) is 6.44. The lowest BCUT2D eigenvalue weighted by molar-refractivity contribution is 0.0675. The van der Waals surface area contributed by atoms with Crippen molar-refractivity contribution >= 4 is 11.6 Å². The van der Waals surface area contributed by atoms with Gasteiger partial charge >= 0.3 is 0 Å². The number of hydrogen-bond acceptors (Lipinski definition) is 3. The van der Waals surface area contributed by atoms with E-state index < -0.39 is 6.10 Å². The summed E-state index contributed by atoms with van der Waals surface area (Å²) in [6, 6.07) is 26.2. The standard InChI is InChI=1S/C26H26N2O2/c29-25(19-6-2-1-3-7-19)20-10-12-22(13-11-20)27-16-14-23(15-17-27)28-18-21-8-4-5-9-24(21)26(28)30/h1-13,23,25,29H,14-18H2. The molecule has 0 aliphatic carbocycles. The number of anilines is 1. The highest BCUT2D eigenvalue weighted by molar-refractivity contribution is 5.98. The molecule has 0 bridgehead atoms. The number of aliphatic hydroxyl groups is 1. The van der Waals surface area contributed by atoms with Crippen LogP contribution in [0.15, 0.2) is 78.9 Å². The van der Waals surface area contributed by atoms with Crippen LogP contribution in [0.1, 0.15) is 46.0 Å². The smallest absolute Gasteiger partial charge is 0.254 e. The van der Waals surface area contributed by atoms with Gasteiger partial charge in [0, 0.05) is 36.9 Å². The molecule has 152 valence electrons. The minimum atomic E-state index is -0.603. The molecule has 3 aromatic carbocycles. The Morgan fingerprint density at radius 1 is 0.800 bits per heavy atom. The first-order valence-corrected chi connectivity index (χ1v) is 10.7. The molecule has 5 rings (SSSR count). The number of benzene rings is 3. The van der Waals surface area contributed by atoms with E-state index in [1.165, 1.54) is 5.69 Å². The molecular weight excluding hydrogens is 372 g/mol. The second-order valence-corrected chi connectivity index (χ2v) is 8.21. The van der Waals surface area contributed by atoms with Crippen LogP contribution in [0, 0.1) is 0 Å². The van der Waals surface area contributed by atoms with E-state index in [4.69, 9.17) is 0 Å². The first kappa shape index (κ1) is 18.9. The van der Waals surface area contributed by atoms with Crippen molar-refractivity contribution in [1.29, 1.82) is 0 Å². The molecule has 1 N–H and O–H groups in total. The van der Waals surface area contributed by atoms with Crippen molar-refractivity contribution in [3.63, 3.8) is 0 Å². The van der Waals surface area contributed by atoms with Gasteiger partial charge in [0.25, 0.3) is 5.91 Å². The van der Waals surface area contributed by atoms with Crippen molar-refractivity contribution < 1.29 is 9.90 Å². The van der Waals surface area contributed by atoms with Crippen molar-refractivity contribution in [3.05, 3.63) is 101 Å². The predicted molar refractivity (Wildman–Crippen MR) is 118 cm³/mol. The molecule has 0 aromatic heterocycles. The third-order valence-corrected chi connectivity index (χ3v) is 6.44. The van der Waals surface area contributed by atoms with Crippen molar-refractivity contribution in [2.24, 2.45) is 0 Å². The van der Waals surface area contributed by atoms with E-state index in [0.29, 0.717) is 6.04 Å². The molecule has 1 saturated heterocycles. The van der Waals surface area contributed by atoms with Gasteiger partial charge < -0.3 is 14.9 Å². The summed E-state index contributed by atoms with van der Waals surface area (Å²) in [5.41, 5.74) is 5.00. The average Bonchev–Trinajstić information content (AvgIpc) is 3.16. The summed E-state index contributed by atoms with van der Waals surface area (Å²) in [5, 5.41) is 10.6. The van der Waals surface area contributed by atoms with Gasteiger partial charge in [0.15, 0.2) is 0 Å². The fourth-order valence-electron chi connectivity index (χ4n) is 4.70. The van der Waals surface area contributed by atoms with Crippen LogP contribution in [0.5, 0.6) is 0 Å². The van der Waals surface area contributed by atoms with Gasteiger partial charge in [-0.15, -0.1) is 0 Å². The Kier molecular flexibility index (Phi) is 5.01. The fourth-order valence-corrected chi connectivity index (χ4v) is 4.70. The van der Waals surface area contributed by atoms with Crippen molar-refractivity contribution in [2.45, 2.75) is 31.5 Å². The van der Waals surface area contributed by atoms with Gasteiger partial charge in [-0.1, -0.05) is 60.7 Å². The monoisotopic (exact) mass is 398 g/mol. The minimum Gasteiger partial charge on any atom is -0.384 e. The zero-order valence-corrected chi connectivity index (χ0v) is 16.9. The Hall–Kier alpha value is -3.11. The number of carbonyl (C=O) groups excluding carboxylic acids is 1. The van der Waals surface area contributed by atoms with Gasteiger partial charge in [0.05, 0.1) is 0 Å². The molecule has 1 atom stereocenters. The lowest BCUT2D eigenvalue weighted by atomic mass is 10.00. The Labute approximate surface area is 177 Å². The van der Waals surface area contributed by atoms with Gasteiger partial charge in [-0.25, -0.2) is 0 Å². The highest BCUT2D eigenvalue weighted by Crippen LogP contribution is 2.30. The molecule has 1 unspecified atom stereocenters. The lowest BCUT2D eigenvalue weighted by Gasteiger charge is -2.38. The number of hydrogen-bond donors (Lipinski definition) is 1. The number of aliphatic hydroxyl groups excluding tert-OH is 1. The third kappa shape index (κ3) is 3.48. The SMILES string of the molecule is O=C1c2ccccc2CN1C1CCN(c2ccc(C(O)c3ccccc3)cc2)CC1. The van der Waals surface area contributed by atoms with Crippen molar-refractivity contribution in [2.75, 3.05) is 18.0 Å². The van der Waals surface area contributed by atoms with Crippen LogP contribution >= 0.6 is 0 Å². The van der Waals surface area contributed by atoms with Gasteiger partial charge in [-0.3, -0.25) is 4.79 Å². The van der Waals surface area contributed by atoms with Crippen LogP contribution < -0.4 is 4.90 Å². The predicted octanol–water partition coefficient (Wildman–Crippen LogP) is 4.39. The molecule has 2 aliphatic rings. The number of nitrogens with zero attached hydrogens (tertiary/aromatic N) is 2. The van der Waals surface area contributed by atoms with Crippen molar-refractivity contribution in [3.8, 4) is 0 Å². The zero-order chi connectivity index (χ0) is 20.5. The molecule has 1 amide bonds. The maximum atomic E-state index is 12.8. The summed E-state index contributed by atoms with van der Waals surface area (Å²) < 4.78 is 0. The normalized spacial score (nSPS) is 17.8. The van der Waals surface area contributed by atoms with Crippen LogP contribution in [-0.2, 0) is 6.54 Å². The highest BCUT2D eigenvalue weighted by atomic mass is 16.3. The fraction of sp³-hybridized carbons (Fsp3) is 0.269. The van der Waals surface area contributed by atoms with E-state index in [1.807, 2.05) is 60.7 Å². The molecule has 4 heteroatoms. The van der Waals surface area contributed by atoms with Gasteiger partial charge in [-0.05, 0) is 47.7 Å². The summed E-state index contributed by atoms with van der Waals surface area (Å²) >= 11 is 0. The van der Waals surface area contributed by atoms with E-state index in [9.17, 15) is 9.90 Å². The van der Waals surface area contributed by atoms with Crippen LogP contribution in [0.2, 0.25) is 0 Å². The molecule has 2 aliphatic heterocycles. The van der Waals surface area contributed by atoms with E-state index in [2.05, 4.69) is 28.0 Å². The molecule has 1 fully saturated rings. The first-order chi connectivity index (χ1) is 14.7. The molecule has 2 heterocycles. The Morgan fingerprint density at radius 3 is 2.13 bits per heavy atom. The van der Waals surface area contributed by atoms with Gasteiger partial charge in [-0.2, -0.15) is 0 Å². The average molecular weight is 399 g/mol. The largest absolute Gasteiger partial charge is 0.384 e. The van der Waals surface area contributed by atoms with E-state index in [1.54, 1.807) is 0 Å². The Morgan fingerprint density at radius 2 is 1.43 bits per heavy atom. The van der Waals surface area contributed by atoms with Crippen LogP contribution in [0.3, 0.4) is 0 Å². The summed E-state index contributed by atoms with van der Waals surface area (Å²) in [7, 11) is 0. The number of amides is 1. The van der Waals surface area contributed by atoms with Crippen LogP contribution in [0.25, 0.3) is 0 Å². The summed E-state index contributed by atoms with van der Waals surface area (Å²) in [6.07, 6.45) is 1.36. The summed E-state index contributed by atoms with van der Waals surface area (Å²) in [5.74, 6) is 0.184. The zero-order valence-electron chi connectivity index (χ0n) is 16.9. The molecule has 0 saturated carbocycles. The summed E-state index contributed by atoms with van der Waals surface area (Å²) in [4.78, 5) is 17.2. The maximum absolute atomic E-state index is 12.8. The number of fused-ring (bicyclic) bond motifs is 1. The molecule has 0 spiro atoms. The number of rotatable bonds is 4. The quantitative estimate of drug-likeness (QED) is 0.709. The molecule has 3 aromatic rings. The molecular formula is C26H26N2O2. The maximum Gasteiger partial charge on any atom is 0.254 e. The lowest BCUT2D eigenvalue weighted by Crippen LogP contribution is -2.45. The molecule has 4 nitrogen and oxygen atoms in total. The van der Waals surface area contributed by atoms with E-state index in [-0.39, 0.29) is 5.91 Å². The Balaban J connectivity index is 1.22. The second kappa shape index (κ2) is 7.96. The number of carbonyl (C=O) groups is 1. The minimum absolute atomic E-state index is 0.184.